The molecule has 0 spiro atoms. The van der Waals surface area contributed by atoms with Gasteiger partial charge in [-0.15, -0.1) is 0 Å². The quantitative estimate of drug-likeness (QED) is 0.705. The molecule has 1 unspecified atom stereocenters. The molecular formula is C14H26N4S. The maximum atomic E-state index is 4.69. The molecule has 0 radical (unpaired) electrons. The Bertz CT molecular complexity index is 359. The van der Waals surface area contributed by atoms with Crippen molar-refractivity contribution < 1.29 is 0 Å². The Balaban J connectivity index is 2.68. The Kier molecular flexibility index (Phi) is 7.82. The van der Waals surface area contributed by atoms with Crippen molar-refractivity contribution in [3.05, 3.63) is 18.1 Å². The summed E-state index contributed by atoms with van der Waals surface area (Å²) in [6.07, 6.45) is 8.10. The van der Waals surface area contributed by atoms with E-state index in [1.807, 2.05) is 24.2 Å². The largest absolute Gasteiger partial charge is 0.355 e. The van der Waals surface area contributed by atoms with Gasteiger partial charge >= 0.3 is 0 Å². The molecule has 0 fully saturated rings. The lowest BCUT2D eigenvalue weighted by atomic mass is 10.2. The first-order chi connectivity index (χ1) is 9.22. The van der Waals surface area contributed by atoms with Gasteiger partial charge in [0.2, 0.25) is 0 Å². The fourth-order valence-electron chi connectivity index (χ4n) is 1.93. The van der Waals surface area contributed by atoms with E-state index < -0.39 is 0 Å². The second kappa shape index (κ2) is 9.15. The van der Waals surface area contributed by atoms with Crippen molar-refractivity contribution in [1.82, 2.24) is 15.3 Å². The van der Waals surface area contributed by atoms with Crippen LogP contribution in [0.5, 0.6) is 0 Å². The minimum Gasteiger partial charge on any atom is -0.355 e. The summed E-state index contributed by atoms with van der Waals surface area (Å²) < 4.78 is 0. The van der Waals surface area contributed by atoms with Gasteiger partial charge in [0, 0.05) is 31.6 Å². The summed E-state index contributed by atoms with van der Waals surface area (Å²) >= 11 is 1.88. The van der Waals surface area contributed by atoms with Crippen LogP contribution in [0.2, 0.25) is 0 Å². The van der Waals surface area contributed by atoms with Gasteiger partial charge in [-0.25, -0.2) is 4.98 Å². The Morgan fingerprint density at radius 2 is 2.16 bits per heavy atom. The van der Waals surface area contributed by atoms with Crippen molar-refractivity contribution in [2.75, 3.05) is 30.5 Å². The molecule has 1 heterocycles. The summed E-state index contributed by atoms with van der Waals surface area (Å²) in [5.74, 6) is 2.09. The first kappa shape index (κ1) is 16.2. The van der Waals surface area contributed by atoms with E-state index in [4.69, 9.17) is 0 Å². The van der Waals surface area contributed by atoms with Crippen LogP contribution in [0, 0.1) is 0 Å². The number of hydrogen-bond donors (Lipinski definition) is 1. The maximum absolute atomic E-state index is 4.69. The normalized spacial score (nSPS) is 12.4. The highest BCUT2D eigenvalue weighted by atomic mass is 32.2. The van der Waals surface area contributed by atoms with E-state index in [9.17, 15) is 0 Å². The zero-order valence-electron chi connectivity index (χ0n) is 12.5. The van der Waals surface area contributed by atoms with Crippen LogP contribution in [0.25, 0.3) is 0 Å². The van der Waals surface area contributed by atoms with E-state index in [0.717, 1.165) is 43.2 Å². The van der Waals surface area contributed by atoms with E-state index in [1.54, 1.807) is 0 Å². The van der Waals surface area contributed by atoms with Gasteiger partial charge in [0.15, 0.2) is 0 Å². The number of hydrogen-bond acceptors (Lipinski definition) is 5. The molecule has 0 saturated heterocycles. The summed E-state index contributed by atoms with van der Waals surface area (Å²) in [6.45, 7) is 6.20. The topological polar surface area (TPSA) is 41.1 Å². The smallest absolute Gasteiger partial charge is 0.147 e. The van der Waals surface area contributed by atoms with Crippen LogP contribution in [0.15, 0.2) is 12.4 Å². The third-order valence-electron chi connectivity index (χ3n) is 3.14. The molecule has 108 valence electrons. The average Bonchev–Trinajstić information content (AvgIpc) is 2.44. The molecule has 0 aromatic carbocycles. The van der Waals surface area contributed by atoms with Crippen LogP contribution < -0.4 is 10.2 Å². The highest BCUT2D eigenvalue weighted by Gasteiger charge is 2.14. The third-order valence-corrected chi connectivity index (χ3v) is 3.86. The van der Waals surface area contributed by atoms with Crippen LogP contribution in [0.3, 0.4) is 0 Å². The molecule has 4 nitrogen and oxygen atoms in total. The second-order valence-electron chi connectivity index (χ2n) is 4.67. The summed E-state index contributed by atoms with van der Waals surface area (Å²) in [7, 11) is 2.11. The molecule has 19 heavy (non-hydrogen) atoms. The molecule has 0 aliphatic carbocycles. The fourth-order valence-corrected chi connectivity index (χ4v) is 2.77. The third kappa shape index (κ3) is 5.37. The van der Waals surface area contributed by atoms with Gasteiger partial charge in [-0.1, -0.05) is 13.8 Å². The van der Waals surface area contributed by atoms with E-state index in [1.165, 1.54) is 0 Å². The molecular weight excluding hydrogens is 256 g/mol. The van der Waals surface area contributed by atoms with Crippen LogP contribution in [0.1, 0.15) is 32.4 Å². The first-order valence-corrected chi connectivity index (χ1v) is 8.35. The van der Waals surface area contributed by atoms with Gasteiger partial charge in [-0.2, -0.15) is 11.8 Å². The van der Waals surface area contributed by atoms with Crippen molar-refractivity contribution in [2.45, 2.75) is 39.3 Å². The van der Waals surface area contributed by atoms with Gasteiger partial charge in [-0.05, 0) is 25.6 Å². The predicted molar refractivity (Wildman–Crippen MR) is 84.9 cm³/mol. The molecule has 0 amide bonds. The molecule has 0 bridgehead atoms. The fraction of sp³-hybridized carbons (Fsp3) is 0.714. The molecule has 0 aliphatic heterocycles. The van der Waals surface area contributed by atoms with Gasteiger partial charge in [0.25, 0.3) is 0 Å². The van der Waals surface area contributed by atoms with Crippen molar-refractivity contribution in [3.8, 4) is 0 Å². The Morgan fingerprint density at radius 1 is 1.37 bits per heavy atom. The number of nitrogens with zero attached hydrogens (tertiary/aromatic N) is 3. The van der Waals surface area contributed by atoms with Crippen LogP contribution in [0.4, 0.5) is 5.82 Å². The van der Waals surface area contributed by atoms with Gasteiger partial charge < -0.3 is 10.2 Å². The van der Waals surface area contributed by atoms with Gasteiger partial charge in [-0.3, -0.25) is 4.98 Å². The molecule has 1 aromatic heterocycles. The average molecular weight is 282 g/mol. The summed E-state index contributed by atoms with van der Waals surface area (Å²) in [6, 6.07) is 0.517. The van der Waals surface area contributed by atoms with Crippen molar-refractivity contribution in [3.63, 3.8) is 0 Å². The van der Waals surface area contributed by atoms with E-state index in [-0.39, 0.29) is 0 Å². The number of aromatic nitrogens is 2. The summed E-state index contributed by atoms with van der Waals surface area (Å²) in [5, 5.41) is 3.36. The molecule has 5 heteroatoms. The summed E-state index contributed by atoms with van der Waals surface area (Å²) in [4.78, 5) is 11.2. The lowest BCUT2D eigenvalue weighted by Crippen LogP contribution is -2.34. The van der Waals surface area contributed by atoms with Crippen LogP contribution in [-0.4, -0.2) is 41.6 Å². The molecule has 1 rings (SSSR count). The zero-order chi connectivity index (χ0) is 14.1. The molecule has 1 aromatic rings. The molecule has 0 saturated carbocycles. The van der Waals surface area contributed by atoms with Crippen molar-refractivity contribution in [2.24, 2.45) is 0 Å². The van der Waals surface area contributed by atoms with Gasteiger partial charge in [0.05, 0.1) is 11.9 Å². The minimum atomic E-state index is 0.517. The molecule has 1 N–H and O–H groups in total. The van der Waals surface area contributed by atoms with E-state index in [2.05, 4.69) is 47.3 Å². The monoisotopic (exact) mass is 282 g/mol. The van der Waals surface area contributed by atoms with E-state index >= 15 is 0 Å². The van der Waals surface area contributed by atoms with Gasteiger partial charge in [0.1, 0.15) is 5.82 Å². The Labute approximate surface area is 121 Å². The number of anilines is 1. The standard InChI is InChI=1S/C14H26N4S/c1-5-7-15-8-12-9-16-10-14(17-12)18(3)13(6-2)11-19-4/h9-10,13,15H,5-8,11H2,1-4H3. The lowest BCUT2D eigenvalue weighted by molar-refractivity contribution is 0.645. The Morgan fingerprint density at radius 3 is 2.79 bits per heavy atom. The SMILES string of the molecule is CCCNCc1cncc(N(C)C(CC)CSC)n1. The highest BCUT2D eigenvalue weighted by Crippen LogP contribution is 2.16. The zero-order valence-corrected chi connectivity index (χ0v) is 13.3. The number of thioether (sulfide) groups is 1. The van der Waals surface area contributed by atoms with E-state index in [0.29, 0.717) is 6.04 Å². The van der Waals surface area contributed by atoms with Crippen LogP contribution in [-0.2, 0) is 6.54 Å². The number of rotatable bonds is 9. The maximum Gasteiger partial charge on any atom is 0.147 e. The molecule has 1 atom stereocenters. The summed E-state index contributed by atoms with van der Waals surface area (Å²) in [5.41, 5.74) is 1.01. The van der Waals surface area contributed by atoms with Crippen molar-refractivity contribution in [1.29, 1.82) is 0 Å². The minimum absolute atomic E-state index is 0.517. The van der Waals surface area contributed by atoms with Crippen molar-refractivity contribution >= 4 is 17.6 Å². The first-order valence-electron chi connectivity index (χ1n) is 6.96. The van der Waals surface area contributed by atoms with Crippen LogP contribution >= 0.6 is 11.8 Å². The highest BCUT2D eigenvalue weighted by molar-refractivity contribution is 7.98. The number of nitrogens with one attached hydrogen (secondary N) is 1. The second-order valence-corrected chi connectivity index (χ2v) is 5.58. The lowest BCUT2D eigenvalue weighted by Gasteiger charge is -2.27. The Hall–Kier alpha value is -0.810. The molecule has 0 aliphatic rings. The predicted octanol–water partition coefficient (Wildman–Crippen LogP) is 2.55.